The summed E-state index contributed by atoms with van der Waals surface area (Å²) in [6.45, 7) is 3.97. The fourth-order valence-electron chi connectivity index (χ4n) is 3.31. The van der Waals surface area contributed by atoms with Gasteiger partial charge in [-0.15, -0.1) is 0 Å². The van der Waals surface area contributed by atoms with Crippen LogP contribution in [0.1, 0.15) is 16.1 Å². The van der Waals surface area contributed by atoms with E-state index in [0.29, 0.717) is 10.6 Å². The maximum Gasteiger partial charge on any atom is 0.262 e. The van der Waals surface area contributed by atoms with Crippen molar-refractivity contribution in [1.29, 1.82) is 0 Å². The van der Waals surface area contributed by atoms with Crippen LogP contribution in [0.2, 0.25) is 5.02 Å². The van der Waals surface area contributed by atoms with Gasteiger partial charge >= 0.3 is 0 Å². The molecule has 126 valence electrons. The van der Waals surface area contributed by atoms with Crippen molar-refractivity contribution in [3.8, 4) is 11.1 Å². The van der Waals surface area contributed by atoms with Crippen LogP contribution >= 0.6 is 11.6 Å². The van der Waals surface area contributed by atoms with Crippen molar-refractivity contribution in [3.63, 3.8) is 0 Å². The van der Waals surface area contributed by atoms with Gasteiger partial charge in [-0.25, -0.2) is 0 Å². The summed E-state index contributed by atoms with van der Waals surface area (Å²) < 4.78 is 1.72. The molecular weight excluding hydrogens is 342 g/mol. The molecule has 4 aromatic rings. The Labute approximate surface area is 157 Å². The molecule has 2 nitrogen and oxygen atoms in total. The molecule has 26 heavy (non-hydrogen) atoms. The lowest BCUT2D eigenvalue weighted by Gasteiger charge is -2.08. The van der Waals surface area contributed by atoms with Gasteiger partial charge in [-0.3, -0.25) is 9.36 Å². The molecule has 3 heteroatoms. The molecule has 0 spiro atoms. The molecule has 0 aliphatic rings. The minimum absolute atomic E-state index is 0.0880. The first-order chi connectivity index (χ1) is 12.7. The van der Waals surface area contributed by atoms with Crippen LogP contribution in [-0.2, 0) is 0 Å². The van der Waals surface area contributed by atoms with Crippen LogP contribution in [0.25, 0.3) is 28.1 Å². The zero-order valence-electron chi connectivity index (χ0n) is 14.0. The van der Waals surface area contributed by atoms with E-state index in [1.807, 2.05) is 72.8 Å². The standard InChI is InChI=1S/C23H16ClNO/c1-2-20-22(16-9-5-3-6-10-16)19-15-18(24)13-14-21(19)25(20)23(26)17-11-7-4-8-12-17/h2-15H,1H2. The van der Waals surface area contributed by atoms with E-state index in [0.717, 1.165) is 27.7 Å². The average Bonchev–Trinajstić information content (AvgIpc) is 3.02. The molecule has 0 saturated carbocycles. The highest BCUT2D eigenvalue weighted by molar-refractivity contribution is 6.31. The van der Waals surface area contributed by atoms with Gasteiger partial charge in [-0.05, 0) is 42.0 Å². The van der Waals surface area contributed by atoms with E-state index in [2.05, 4.69) is 6.58 Å². The first-order valence-electron chi connectivity index (χ1n) is 8.32. The van der Waals surface area contributed by atoms with Crippen LogP contribution in [0.15, 0.2) is 85.4 Å². The van der Waals surface area contributed by atoms with E-state index in [1.54, 1.807) is 16.7 Å². The van der Waals surface area contributed by atoms with Crippen LogP contribution < -0.4 is 0 Å². The Morgan fingerprint density at radius 3 is 2.23 bits per heavy atom. The third kappa shape index (κ3) is 2.65. The molecule has 1 heterocycles. The van der Waals surface area contributed by atoms with E-state index >= 15 is 0 Å². The predicted molar refractivity (Wildman–Crippen MR) is 109 cm³/mol. The second-order valence-corrected chi connectivity index (χ2v) is 6.43. The highest BCUT2D eigenvalue weighted by atomic mass is 35.5. The van der Waals surface area contributed by atoms with Crippen molar-refractivity contribution >= 4 is 34.5 Å². The van der Waals surface area contributed by atoms with Gasteiger partial charge < -0.3 is 0 Å². The van der Waals surface area contributed by atoms with Gasteiger partial charge in [0.1, 0.15) is 0 Å². The molecule has 0 aliphatic heterocycles. The number of hydrogen-bond acceptors (Lipinski definition) is 1. The summed E-state index contributed by atoms with van der Waals surface area (Å²) in [5, 5.41) is 1.57. The normalized spacial score (nSPS) is 10.8. The summed E-state index contributed by atoms with van der Waals surface area (Å²) in [5.74, 6) is -0.0880. The molecule has 0 aliphatic carbocycles. The first kappa shape index (κ1) is 16.4. The first-order valence-corrected chi connectivity index (χ1v) is 8.70. The summed E-state index contributed by atoms with van der Waals surface area (Å²) in [6, 6.07) is 24.8. The van der Waals surface area contributed by atoms with Gasteiger partial charge in [0, 0.05) is 21.5 Å². The number of fused-ring (bicyclic) bond motifs is 1. The number of hydrogen-bond donors (Lipinski definition) is 0. The molecule has 0 N–H and O–H groups in total. The topological polar surface area (TPSA) is 22.0 Å². The second-order valence-electron chi connectivity index (χ2n) is 6.00. The fourth-order valence-corrected chi connectivity index (χ4v) is 3.49. The summed E-state index contributed by atoms with van der Waals surface area (Å²) in [6.07, 6.45) is 1.73. The number of carbonyl (C=O) groups is 1. The average molecular weight is 358 g/mol. The molecular formula is C23H16ClNO. The van der Waals surface area contributed by atoms with Crippen molar-refractivity contribution in [3.05, 3.63) is 102 Å². The summed E-state index contributed by atoms with van der Waals surface area (Å²) >= 11 is 6.26. The zero-order valence-corrected chi connectivity index (χ0v) is 14.8. The van der Waals surface area contributed by atoms with Crippen molar-refractivity contribution in [1.82, 2.24) is 4.57 Å². The number of nitrogens with zero attached hydrogens (tertiary/aromatic N) is 1. The SMILES string of the molecule is C=Cc1c(-c2ccccc2)c2cc(Cl)ccc2n1C(=O)c1ccccc1. The third-order valence-corrected chi connectivity index (χ3v) is 4.68. The smallest absolute Gasteiger partial charge is 0.262 e. The third-order valence-electron chi connectivity index (χ3n) is 4.45. The Morgan fingerprint density at radius 2 is 1.58 bits per heavy atom. The molecule has 0 atom stereocenters. The van der Waals surface area contributed by atoms with Crippen LogP contribution in [0.5, 0.6) is 0 Å². The largest absolute Gasteiger partial charge is 0.276 e. The number of rotatable bonds is 3. The Kier molecular flexibility index (Phi) is 4.19. The van der Waals surface area contributed by atoms with Crippen LogP contribution in [0.3, 0.4) is 0 Å². The molecule has 3 aromatic carbocycles. The van der Waals surface area contributed by atoms with Gasteiger partial charge in [-0.2, -0.15) is 0 Å². The molecule has 0 unspecified atom stereocenters. The quantitative estimate of drug-likeness (QED) is 0.422. The van der Waals surface area contributed by atoms with Crippen molar-refractivity contribution in [2.24, 2.45) is 0 Å². The molecule has 0 radical (unpaired) electrons. The lowest BCUT2D eigenvalue weighted by Crippen LogP contribution is -2.13. The summed E-state index contributed by atoms with van der Waals surface area (Å²) in [7, 11) is 0. The Hall–Kier alpha value is -3.10. The minimum Gasteiger partial charge on any atom is -0.276 e. The van der Waals surface area contributed by atoms with E-state index in [-0.39, 0.29) is 5.91 Å². The van der Waals surface area contributed by atoms with Crippen LogP contribution in [0, 0.1) is 0 Å². The molecule has 0 fully saturated rings. The lowest BCUT2D eigenvalue weighted by atomic mass is 10.0. The summed E-state index contributed by atoms with van der Waals surface area (Å²) in [5.41, 5.74) is 4.19. The number of benzene rings is 3. The predicted octanol–water partition coefficient (Wildman–Crippen LogP) is 6.29. The number of aromatic nitrogens is 1. The molecule has 0 saturated heterocycles. The van der Waals surface area contributed by atoms with E-state index in [1.165, 1.54) is 0 Å². The Morgan fingerprint density at radius 1 is 0.923 bits per heavy atom. The van der Waals surface area contributed by atoms with Gasteiger partial charge in [0.15, 0.2) is 0 Å². The zero-order chi connectivity index (χ0) is 18.1. The van der Waals surface area contributed by atoms with Crippen LogP contribution in [-0.4, -0.2) is 10.5 Å². The Balaban J connectivity index is 2.08. The lowest BCUT2D eigenvalue weighted by molar-refractivity contribution is 0.0964. The number of carbonyl (C=O) groups excluding carboxylic acids is 1. The molecule has 4 rings (SSSR count). The van der Waals surface area contributed by atoms with E-state index in [9.17, 15) is 4.79 Å². The Bertz CT molecular complexity index is 1110. The monoisotopic (exact) mass is 357 g/mol. The summed E-state index contributed by atoms with van der Waals surface area (Å²) in [4.78, 5) is 13.3. The molecule has 0 bridgehead atoms. The highest BCUT2D eigenvalue weighted by Gasteiger charge is 2.21. The fraction of sp³-hybridized carbons (Fsp3) is 0. The van der Waals surface area contributed by atoms with Gasteiger partial charge in [0.05, 0.1) is 11.2 Å². The van der Waals surface area contributed by atoms with Gasteiger partial charge in [0.2, 0.25) is 0 Å². The van der Waals surface area contributed by atoms with Crippen molar-refractivity contribution in [2.75, 3.05) is 0 Å². The minimum atomic E-state index is -0.0880. The number of halogens is 1. The van der Waals surface area contributed by atoms with Gasteiger partial charge in [-0.1, -0.05) is 66.7 Å². The molecule has 1 aromatic heterocycles. The van der Waals surface area contributed by atoms with Gasteiger partial charge in [0.25, 0.3) is 5.91 Å². The maximum absolute atomic E-state index is 13.3. The van der Waals surface area contributed by atoms with E-state index in [4.69, 9.17) is 11.6 Å². The van der Waals surface area contributed by atoms with Crippen molar-refractivity contribution in [2.45, 2.75) is 0 Å². The van der Waals surface area contributed by atoms with Crippen LogP contribution in [0.4, 0.5) is 0 Å². The van der Waals surface area contributed by atoms with E-state index < -0.39 is 0 Å². The van der Waals surface area contributed by atoms with Crippen molar-refractivity contribution < 1.29 is 4.79 Å². The highest BCUT2D eigenvalue weighted by Crippen LogP contribution is 2.37. The second kappa shape index (κ2) is 6.66. The molecule has 0 amide bonds. The maximum atomic E-state index is 13.3.